The van der Waals surface area contributed by atoms with Crippen LogP contribution in [0.5, 0.6) is 0 Å². The van der Waals surface area contributed by atoms with Crippen molar-refractivity contribution in [2.75, 3.05) is 6.54 Å². The zero-order valence-electron chi connectivity index (χ0n) is 11.4. The summed E-state index contributed by atoms with van der Waals surface area (Å²) in [6.07, 6.45) is 10.3. The van der Waals surface area contributed by atoms with Gasteiger partial charge >= 0.3 is 0 Å². The monoisotopic (exact) mass is 275 g/mol. The Morgan fingerprint density at radius 2 is 2.00 bits per heavy atom. The number of allylic oxidation sites excluding steroid dienone is 1. The second-order valence-electron chi connectivity index (χ2n) is 5.83. The second kappa shape index (κ2) is 6.11. The maximum Gasteiger partial charge on any atom is 0.0406 e. The molecular formula is C17H22ClN. The van der Waals surface area contributed by atoms with Gasteiger partial charge < -0.3 is 5.32 Å². The van der Waals surface area contributed by atoms with Crippen LogP contribution in [0.3, 0.4) is 0 Å². The summed E-state index contributed by atoms with van der Waals surface area (Å²) in [5.74, 6) is 0.832. The fraction of sp³-hybridized carbons (Fsp3) is 0.529. The zero-order valence-corrected chi connectivity index (χ0v) is 12.1. The van der Waals surface area contributed by atoms with E-state index in [0.717, 1.165) is 17.5 Å². The predicted octanol–water partition coefficient (Wildman–Crippen LogP) is 4.88. The lowest BCUT2D eigenvalue weighted by Gasteiger charge is -2.19. The number of halogens is 1. The normalized spacial score (nSPS) is 20.4. The van der Waals surface area contributed by atoms with Crippen molar-refractivity contribution in [3.63, 3.8) is 0 Å². The first-order valence-electron chi connectivity index (χ1n) is 7.50. The van der Waals surface area contributed by atoms with Crippen LogP contribution in [0.4, 0.5) is 0 Å². The van der Waals surface area contributed by atoms with Gasteiger partial charge in [-0.25, -0.2) is 0 Å². The van der Waals surface area contributed by atoms with Crippen LogP contribution in [0.1, 0.15) is 50.1 Å². The molecule has 1 N–H and O–H groups in total. The molecule has 1 unspecified atom stereocenters. The summed E-state index contributed by atoms with van der Waals surface area (Å²) in [5, 5.41) is 4.59. The van der Waals surface area contributed by atoms with E-state index >= 15 is 0 Å². The van der Waals surface area contributed by atoms with Crippen molar-refractivity contribution in [2.45, 2.75) is 44.6 Å². The molecule has 1 atom stereocenters. The Labute approximate surface area is 121 Å². The van der Waals surface area contributed by atoms with Crippen LogP contribution >= 0.6 is 11.6 Å². The quantitative estimate of drug-likeness (QED) is 0.730. The van der Waals surface area contributed by atoms with E-state index in [1.165, 1.54) is 44.1 Å². The minimum absolute atomic E-state index is 0.527. The molecule has 0 aromatic heterocycles. The smallest absolute Gasteiger partial charge is 0.0406 e. The van der Waals surface area contributed by atoms with E-state index in [1.807, 2.05) is 12.1 Å². The lowest BCUT2D eigenvalue weighted by molar-refractivity contribution is 0.483. The minimum atomic E-state index is 0.527. The molecule has 2 aliphatic carbocycles. The molecule has 0 aliphatic heterocycles. The van der Waals surface area contributed by atoms with Crippen molar-refractivity contribution in [3.05, 3.63) is 46.5 Å². The van der Waals surface area contributed by atoms with Crippen LogP contribution in [0.15, 0.2) is 35.9 Å². The first-order chi connectivity index (χ1) is 9.33. The highest BCUT2D eigenvalue weighted by Gasteiger charge is 2.31. The average Bonchev–Trinajstić information content (AvgIpc) is 3.13. The Hall–Kier alpha value is -0.790. The van der Waals surface area contributed by atoms with Gasteiger partial charge in [-0.15, -0.1) is 0 Å². The lowest BCUT2D eigenvalue weighted by atomic mass is 10.0. The van der Waals surface area contributed by atoms with Gasteiger partial charge in [-0.05, 0) is 68.7 Å². The maximum atomic E-state index is 5.97. The molecule has 3 rings (SSSR count). The van der Waals surface area contributed by atoms with Crippen LogP contribution in [-0.2, 0) is 0 Å². The van der Waals surface area contributed by atoms with E-state index in [4.69, 9.17) is 11.6 Å². The number of rotatable bonds is 6. The molecule has 1 fully saturated rings. The Kier molecular flexibility index (Phi) is 4.24. The molecule has 1 saturated carbocycles. The van der Waals surface area contributed by atoms with E-state index in [-0.39, 0.29) is 0 Å². The topological polar surface area (TPSA) is 12.0 Å². The van der Waals surface area contributed by atoms with Gasteiger partial charge in [0.2, 0.25) is 0 Å². The lowest BCUT2D eigenvalue weighted by Crippen LogP contribution is -2.24. The van der Waals surface area contributed by atoms with Crippen molar-refractivity contribution >= 4 is 11.6 Å². The van der Waals surface area contributed by atoms with Crippen LogP contribution < -0.4 is 5.32 Å². The van der Waals surface area contributed by atoms with Crippen LogP contribution in [0.2, 0.25) is 5.02 Å². The first kappa shape index (κ1) is 13.2. The zero-order chi connectivity index (χ0) is 13.1. The van der Waals surface area contributed by atoms with Crippen molar-refractivity contribution in [2.24, 2.45) is 5.92 Å². The molecule has 2 aliphatic rings. The van der Waals surface area contributed by atoms with Gasteiger partial charge in [0.25, 0.3) is 0 Å². The van der Waals surface area contributed by atoms with Gasteiger partial charge in [-0.2, -0.15) is 0 Å². The van der Waals surface area contributed by atoms with Gasteiger partial charge in [-0.3, -0.25) is 0 Å². The molecule has 1 aromatic carbocycles. The number of nitrogens with one attached hydrogen (secondary N) is 1. The maximum absolute atomic E-state index is 5.97. The third-order valence-electron chi connectivity index (χ3n) is 4.27. The van der Waals surface area contributed by atoms with Gasteiger partial charge in [0.15, 0.2) is 0 Å². The molecule has 102 valence electrons. The Bertz CT molecular complexity index is 445. The van der Waals surface area contributed by atoms with Crippen LogP contribution in [0, 0.1) is 5.92 Å². The number of hydrogen-bond acceptors (Lipinski definition) is 1. The molecule has 0 heterocycles. The second-order valence-corrected chi connectivity index (χ2v) is 6.26. The van der Waals surface area contributed by atoms with E-state index in [9.17, 15) is 0 Å². The SMILES string of the molecule is Clc1ccc(C(NCCC2=CCCC2)C2CC2)cc1. The fourth-order valence-corrected chi connectivity index (χ4v) is 3.14. The Morgan fingerprint density at radius 3 is 2.63 bits per heavy atom. The molecule has 1 aromatic rings. The number of hydrogen-bond donors (Lipinski definition) is 1. The molecule has 0 spiro atoms. The van der Waals surface area contributed by atoms with Gasteiger partial charge in [0, 0.05) is 11.1 Å². The van der Waals surface area contributed by atoms with Crippen molar-refractivity contribution in [3.8, 4) is 0 Å². The van der Waals surface area contributed by atoms with Gasteiger partial charge in [0.05, 0.1) is 0 Å². The van der Waals surface area contributed by atoms with E-state index in [2.05, 4.69) is 23.5 Å². The molecule has 0 bridgehead atoms. The van der Waals surface area contributed by atoms with E-state index in [0.29, 0.717) is 6.04 Å². The summed E-state index contributed by atoms with van der Waals surface area (Å²) >= 11 is 5.97. The first-order valence-corrected chi connectivity index (χ1v) is 7.87. The van der Waals surface area contributed by atoms with Crippen molar-refractivity contribution in [1.82, 2.24) is 5.32 Å². The van der Waals surface area contributed by atoms with Crippen molar-refractivity contribution < 1.29 is 0 Å². The third kappa shape index (κ3) is 3.61. The summed E-state index contributed by atoms with van der Waals surface area (Å²) in [6.45, 7) is 1.11. The highest BCUT2D eigenvalue weighted by atomic mass is 35.5. The minimum Gasteiger partial charge on any atom is -0.309 e. The van der Waals surface area contributed by atoms with Gasteiger partial charge in [0.1, 0.15) is 0 Å². The highest BCUT2D eigenvalue weighted by molar-refractivity contribution is 6.30. The van der Waals surface area contributed by atoms with Crippen LogP contribution in [-0.4, -0.2) is 6.54 Å². The largest absolute Gasteiger partial charge is 0.309 e. The number of benzene rings is 1. The highest BCUT2D eigenvalue weighted by Crippen LogP contribution is 2.41. The molecule has 19 heavy (non-hydrogen) atoms. The summed E-state index contributed by atoms with van der Waals surface area (Å²) in [7, 11) is 0. The molecule has 2 heteroatoms. The molecule has 0 radical (unpaired) electrons. The fourth-order valence-electron chi connectivity index (χ4n) is 3.01. The van der Waals surface area contributed by atoms with Crippen molar-refractivity contribution in [1.29, 1.82) is 0 Å². The Balaban J connectivity index is 1.56. The molecule has 0 amide bonds. The van der Waals surface area contributed by atoms with E-state index in [1.54, 1.807) is 5.57 Å². The molecular weight excluding hydrogens is 254 g/mol. The van der Waals surface area contributed by atoms with Crippen LogP contribution in [0.25, 0.3) is 0 Å². The Morgan fingerprint density at radius 1 is 1.21 bits per heavy atom. The summed E-state index contributed by atoms with van der Waals surface area (Å²) < 4.78 is 0. The van der Waals surface area contributed by atoms with Gasteiger partial charge in [-0.1, -0.05) is 35.4 Å². The van der Waals surface area contributed by atoms with E-state index < -0.39 is 0 Å². The average molecular weight is 276 g/mol. The third-order valence-corrected chi connectivity index (χ3v) is 4.52. The molecule has 1 nitrogen and oxygen atoms in total. The summed E-state index contributed by atoms with van der Waals surface area (Å²) in [4.78, 5) is 0. The predicted molar refractivity (Wildman–Crippen MR) is 81.5 cm³/mol. The molecule has 0 saturated heterocycles. The summed E-state index contributed by atoms with van der Waals surface area (Å²) in [6, 6.07) is 8.89. The summed E-state index contributed by atoms with van der Waals surface area (Å²) in [5.41, 5.74) is 3.05. The standard InChI is InChI=1S/C17H22ClN/c18-16-9-7-15(8-10-16)17(14-5-6-14)19-12-11-13-3-1-2-4-13/h3,7-10,14,17,19H,1-2,4-6,11-12H2.